The van der Waals surface area contributed by atoms with Crippen LogP contribution in [0, 0.1) is 6.92 Å². The summed E-state index contributed by atoms with van der Waals surface area (Å²) in [7, 11) is 0. The van der Waals surface area contributed by atoms with Gasteiger partial charge in [-0.25, -0.2) is 0 Å². The third-order valence-corrected chi connectivity index (χ3v) is 5.99. The maximum atomic E-state index is 13.5. The van der Waals surface area contributed by atoms with Crippen LogP contribution in [-0.2, 0) is 4.79 Å². The average Bonchev–Trinajstić information content (AvgIpc) is 2.84. The van der Waals surface area contributed by atoms with Gasteiger partial charge < -0.3 is 19.2 Å². The number of rotatable bonds is 7. The Morgan fingerprint density at radius 3 is 2.40 bits per heavy atom. The van der Waals surface area contributed by atoms with E-state index in [4.69, 9.17) is 37.1 Å². The fourth-order valence-corrected chi connectivity index (χ4v) is 3.76. The van der Waals surface area contributed by atoms with Crippen molar-refractivity contribution in [1.29, 1.82) is 0 Å². The number of ether oxygens (including phenoxy) is 2. The van der Waals surface area contributed by atoms with Gasteiger partial charge in [0.1, 0.15) is 11.3 Å². The van der Waals surface area contributed by atoms with E-state index in [0.29, 0.717) is 39.2 Å². The number of amides is 1. The number of hydrogen-bond acceptors (Lipinski definition) is 5. The zero-order valence-electron chi connectivity index (χ0n) is 19.4. The molecule has 6 nitrogen and oxygen atoms in total. The molecule has 0 spiro atoms. The van der Waals surface area contributed by atoms with E-state index in [1.165, 1.54) is 0 Å². The van der Waals surface area contributed by atoms with E-state index in [2.05, 4.69) is 5.32 Å². The van der Waals surface area contributed by atoms with Gasteiger partial charge in [0.05, 0.1) is 12.0 Å². The van der Waals surface area contributed by atoms with E-state index < -0.39 is 17.4 Å². The van der Waals surface area contributed by atoms with Crippen molar-refractivity contribution >= 4 is 45.8 Å². The van der Waals surface area contributed by atoms with Gasteiger partial charge in [0.15, 0.2) is 11.9 Å². The molecule has 180 valence electrons. The molecular formula is C27H23Cl2NO5. The lowest BCUT2D eigenvalue weighted by molar-refractivity contribution is -0.122. The van der Waals surface area contributed by atoms with Gasteiger partial charge >= 0.3 is 0 Å². The second-order valence-electron chi connectivity index (χ2n) is 7.90. The fraction of sp³-hybridized carbons (Fsp3) is 0.185. The molecule has 1 N–H and O–H groups in total. The zero-order valence-corrected chi connectivity index (χ0v) is 20.9. The van der Waals surface area contributed by atoms with Gasteiger partial charge in [-0.1, -0.05) is 23.2 Å². The summed E-state index contributed by atoms with van der Waals surface area (Å²) in [5.41, 5.74) is 1.84. The third-order valence-electron chi connectivity index (χ3n) is 5.33. The van der Waals surface area contributed by atoms with Crippen molar-refractivity contribution in [2.24, 2.45) is 0 Å². The van der Waals surface area contributed by atoms with Crippen molar-refractivity contribution in [1.82, 2.24) is 0 Å². The van der Waals surface area contributed by atoms with Crippen molar-refractivity contribution in [2.45, 2.75) is 26.9 Å². The lowest BCUT2D eigenvalue weighted by Crippen LogP contribution is -2.31. The van der Waals surface area contributed by atoms with Crippen molar-refractivity contribution < 1.29 is 18.7 Å². The molecule has 4 rings (SSSR count). The van der Waals surface area contributed by atoms with Crippen LogP contribution < -0.4 is 20.2 Å². The van der Waals surface area contributed by atoms with Gasteiger partial charge in [0.25, 0.3) is 5.91 Å². The van der Waals surface area contributed by atoms with Crippen molar-refractivity contribution in [3.05, 3.63) is 86.5 Å². The summed E-state index contributed by atoms with van der Waals surface area (Å²) in [6.45, 7) is 5.82. The largest absolute Gasteiger partial charge is 0.494 e. The molecule has 1 aromatic heterocycles. The number of nitrogens with one attached hydrogen (secondary N) is 1. The van der Waals surface area contributed by atoms with E-state index >= 15 is 0 Å². The highest BCUT2D eigenvalue weighted by Crippen LogP contribution is 2.34. The SMILES string of the molecule is CCOc1ccc(NC(=O)C(C)Oc2c(-c3ccc(Cl)cc3)oc3cc(C)c(Cl)cc3c2=O)cc1. The first-order chi connectivity index (χ1) is 16.8. The lowest BCUT2D eigenvalue weighted by Gasteiger charge is -2.17. The summed E-state index contributed by atoms with van der Waals surface area (Å²) >= 11 is 12.3. The second kappa shape index (κ2) is 10.4. The Balaban J connectivity index is 1.69. The van der Waals surface area contributed by atoms with Gasteiger partial charge in [-0.05, 0) is 87.0 Å². The van der Waals surface area contributed by atoms with Crippen LogP contribution in [0.2, 0.25) is 10.0 Å². The minimum Gasteiger partial charge on any atom is -0.494 e. The number of carbonyl (C=O) groups excluding carboxylic acids is 1. The molecule has 0 radical (unpaired) electrons. The van der Waals surface area contributed by atoms with Crippen LogP contribution in [0.25, 0.3) is 22.3 Å². The summed E-state index contributed by atoms with van der Waals surface area (Å²) in [6.07, 6.45) is -1.01. The minimum atomic E-state index is -1.01. The molecule has 0 fully saturated rings. The second-order valence-corrected chi connectivity index (χ2v) is 8.74. The third kappa shape index (κ3) is 5.45. The van der Waals surface area contributed by atoms with E-state index in [0.717, 1.165) is 5.56 Å². The lowest BCUT2D eigenvalue weighted by atomic mass is 10.1. The highest BCUT2D eigenvalue weighted by atomic mass is 35.5. The zero-order chi connectivity index (χ0) is 25.1. The predicted octanol–water partition coefficient (Wildman–Crippen LogP) is 6.88. The quantitative estimate of drug-likeness (QED) is 0.292. The van der Waals surface area contributed by atoms with Crippen molar-refractivity contribution in [3.8, 4) is 22.8 Å². The summed E-state index contributed by atoms with van der Waals surface area (Å²) in [5.74, 6) is 0.374. The smallest absolute Gasteiger partial charge is 0.265 e. The Kier molecular flexibility index (Phi) is 7.34. The van der Waals surface area contributed by atoms with Crippen molar-refractivity contribution in [3.63, 3.8) is 0 Å². The first-order valence-corrected chi connectivity index (χ1v) is 11.8. The maximum Gasteiger partial charge on any atom is 0.265 e. The summed E-state index contributed by atoms with van der Waals surface area (Å²) in [4.78, 5) is 26.3. The molecule has 0 saturated heterocycles. The normalized spacial score (nSPS) is 11.8. The number of aryl methyl sites for hydroxylation is 1. The summed E-state index contributed by atoms with van der Waals surface area (Å²) in [6, 6.07) is 17.0. The Morgan fingerprint density at radius 2 is 1.74 bits per heavy atom. The van der Waals surface area contributed by atoms with Crippen LogP contribution in [0.3, 0.4) is 0 Å². The van der Waals surface area contributed by atoms with Crippen LogP contribution in [0.15, 0.2) is 69.9 Å². The van der Waals surface area contributed by atoms with Crippen LogP contribution in [0.4, 0.5) is 5.69 Å². The predicted molar refractivity (Wildman–Crippen MR) is 139 cm³/mol. The molecule has 0 aliphatic heterocycles. The number of anilines is 1. The molecular weight excluding hydrogens is 489 g/mol. The fourth-order valence-electron chi connectivity index (χ4n) is 3.47. The van der Waals surface area contributed by atoms with E-state index in [9.17, 15) is 9.59 Å². The van der Waals surface area contributed by atoms with Crippen LogP contribution >= 0.6 is 23.2 Å². The maximum absolute atomic E-state index is 13.5. The van der Waals surface area contributed by atoms with E-state index in [1.807, 2.05) is 13.8 Å². The van der Waals surface area contributed by atoms with E-state index in [1.54, 1.807) is 67.6 Å². The summed E-state index contributed by atoms with van der Waals surface area (Å²) < 4.78 is 17.4. The average molecular weight is 512 g/mol. The number of hydrogen-bond donors (Lipinski definition) is 1. The Bertz CT molecular complexity index is 1430. The first kappa shape index (κ1) is 24.6. The topological polar surface area (TPSA) is 77.8 Å². The standard InChI is InChI=1S/C27H23Cl2NO5/c1-4-33-20-11-9-19(10-12-20)30-27(32)16(3)34-26-24(31)21-14-22(29)15(2)13-23(21)35-25(26)17-5-7-18(28)8-6-17/h5-14,16H,4H2,1-3H3,(H,30,32). The highest BCUT2D eigenvalue weighted by molar-refractivity contribution is 6.32. The molecule has 0 aliphatic rings. The molecule has 1 unspecified atom stereocenters. The molecule has 4 aromatic rings. The van der Waals surface area contributed by atoms with Gasteiger partial charge in [0.2, 0.25) is 11.2 Å². The summed E-state index contributed by atoms with van der Waals surface area (Å²) in [5, 5.41) is 4.00. The highest BCUT2D eigenvalue weighted by Gasteiger charge is 2.23. The Hall–Kier alpha value is -3.48. The number of benzene rings is 3. The first-order valence-electron chi connectivity index (χ1n) is 11.0. The van der Waals surface area contributed by atoms with Gasteiger partial charge in [-0.15, -0.1) is 0 Å². The molecule has 1 amide bonds. The van der Waals surface area contributed by atoms with E-state index in [-0.39, 0.29) is 16.9 Å². The molecule has 8 heteroatoms. The number of halogens is 2. The molecule has 0 saturated carbocycles. The number of carbonyl (C=O) groups is 1. The minimum absolute atomic E-state index is 0.0888. The van der Waals surface area contributed by atoms with Gasteiger partial charge in [-0.2, -0.15) is 0 Å². The monoisotopic (exact) mass is 511 g/mol. The van der Waals surface area contributed by atoms with Crippen LogP contribution in [0.1, 0.15) is 19.4 Å². The van der Waals surface area contributed by atoms with Gasteiger partial charge in [-0.3, -0.25) is 9.59 Å². The molecule has 0 aliphatic carbocycles. The molecule has 3 aromatic carbocycles. The Labute approximate surface area is 212 Å². The van der Waals surface area contributed by atoms with Crippen molar-refractivity contribution in [2.75, 3.05) is 11.9 Å². The van der Waals surface area contributed by atoms with Gasteiger partial charge in [0, 0.05) is 21.3 Å². The number of fused-ring (bicyclic) bond motifs is 1. The molecule has 35 heavy (non-hydrogen) atoms. The molecule has 0 bridgehead atoms. The van der Waals surface area contributed by atoms with Crippen LogP contribution in [0.5, 0.6) is 11.5 Å². The van der Waals surface area contributed by atoms with Crippen LogP contribution in [-0.4, -0.2) is 18.6 Å². The molecule has 1 atom stereocenters. The Morgan fingerprint density at radius 1 is 1.06 bits per heavy atom. The molecule has 1 heterocycles.